The van der Waals surface area contributed by atoms with Crippen LogP contribution >= 0.6 is 0 Å². The molecule has 0 aliphatic rings. The Balaban J connectivity index is 1.78. The predicted octanol–water partition coefficient (Wildman–Crippen LogP) is 4.23. The quantitative estimate of drug-likeness (QED) is 0.497. The molecule has 0 fully saturated rings. The summed E-state index contributed by atoms with van der Waals surface area (Å²) in [5.74, 6) is -0.481. The Hall–Kier alpha value is -3.68. The highest BCUT2D eigenvalue weighted by atomic mass is 16.2. The van der Waals surface area contributed by atoms with Crippen LogP contribution < -0.4 is 10.6 Å². The molecule has 2 rings (SSSR count). The number of anilines is 2. The number of hydrogen-bond donors (Lipinski definition) is 2. The van der Waals surface area contributed by atoms with Gasteiger partial charge in [0.15, 0.2) is 0 Å². The summed E-state index contributed by atoms with van der Waals surface area (Å²) in [7, 11) is 6.74. The molecule has 0 saturated heterocycles. The zero-order valence-corrected chi connectivity index (χ0v) is 21.5. The molecule has 0 heterocycles. The molecule has 0 aromatic heterocycles. The van der Waals surface area contributed by atoms with E-state index in [4.69, 9.17) is 0 Å². The molecule has 2 aromatic carbocycles. The number of benzene rings is 2. The number of carbonyl (C=O) groups excluding carboxylic acids is 4. The molecule has 2 aromatic rings. The van der Waals surface area contributed by atoms with Gasteiger partial charge in [0.1, 0.15) is 0 Å². The van der Waals surface area contributed by atoms with Gasteiger partial charge in [-0.15, -0.1) is 0 Å². The van der Waals surface area contributed by atoms with Gasteiger partial charge < -0.3 is 20.4 Å². The van der Waals surface area contributed by atoms with Crippen LogP contribution in [0.1, 0.15) is 63.9 Å². The summed E-state index contributed by atoms with van der Waals surface area (Å²) in [5, 5.41) is 5.77. The lowest BCUT2D eigenvalue weighted by atomic mass is 10.1. The van der Waals surface area contributed by atoms with E-state index in [1.54, 1.807) is 52.5 Å². The Kier molecular flexibility index (Phi) is 9.99. The summed E-state index contributed by atoms with van der Waals surface area (Å²) in [6.45, 7) is 3.76. The van der Waals surface area contributed by atoms with Gasteiger partial charge in [0.25, 0.3) is 11.8 Å². The molecule has 188 valence electrons. The van der Waals surface area contributed by atoms with E-state index in [-0.39, 0.29) is 23.6 Å². The lowest BCUT2D eigenvalue weighted by molar-refractivity contribution is -0.116. The van der Waals surface area contributed by atoms with Gasteiger partial charge in [-0.3, -0.25) is 19.2 Å². The van der Waals surface area contributed by atoms with E-state index in [1.165, 1.54) is 9.80 Å². The molecule has 0 spiro atoms. The summed E-state index contributed by atoms with van der Waals surface area (Å²) in [5.41, 5.74) is 4.08. The third kappa shape index (κ3) is 8.24. The van der Waals surface area contributed by atoms with Crippen LogP contribution in [0.4, 0.5) is 11.4 Å². The summed E-state index contributed by atoms with van der Waals surface area (Å²) in [4.78, 5) is 52.1. The molecule has 2 N–H and O–H groups in total. The summed E-state index contributed by atoms with van der Waals surface area (Å²) in [6.07, 6.45) is 2.71. The van der Waals surface area contributed by atoms with E-state index in [0.29, 0.717) is 48.2 Å². The van der Waals surface area contributed by atoms with E-state index in [0.717, 1.165) is 17.5 Å². The molecule has 0 unspecified atom stereocenters. The number of carbonyl (C=O) groups is 4. The molecule has 4 amide bonds. The molecule has 0 aliphatic carbocycles. The molecule has 0 radical (unpaired) electrons. The minimum Gasteiger partial charge on any atom is -0.345 e. The summed E-state index contributed by atoms with van der Waals surface area (Å²) >= 11 is 0. The maximum atomic E-state index is 12.4. The first-order chi connectivity index (χ1) is 16.5. The van der Waals surface area contributed by atoms with Gasteiger partial charge in [-0.25, -0.2) is 0 Å². The van der Waals surface area contributed by atoms with E-state index in [1.807, 2.05) is 26.0 Å². The third-order valence-corrected chi connectivity index (χ3v) is 5.64. The highest BCUT2D eigenvalue weighted by molar-refractivity contribution is 5.98. The fourth-order valence-corrected chi connectivity index (χ4v) is 3.47. The average Bonchev–Trinajstić information content (AvgIpc) is 2.80. The van der Waals surface area contributed by atoms with Crippen LogP contribution in [0.25, 0.3) is 0 Å². The number of unbranched alkanes of at least 4 members (excludes halogenated alkanes) is 2. The minimum atomic E-state index is -0.120. The Morgan fingerprint density at radius 3 is 1.34 bits per heavy atom. The van der Waals surface area contributed by atoms with Gasteiger partial charge in [-0.1, -0.05) is 18.6 Å². The monoisotopic (exact) mass is 480 g/mol. The van der Waals surface area contributed by atoms with Crippen molar-refractivity contribution in [3.05, 3.63) is 58.7 Å². The largest absolute Gasteiger partial charge is 0.345 e. The van der Waals surface area contributed by atoms with Gasteiger partial charge in [0, 0.05) is 63.5 Å². The first kappa shape index (κ1) is 27.6. The van der Waals surface area contributed by atoms with Gasteiger partial charge in [-0.2, -0.15) is 0 Å². The van der Waals surface area contributed by atoms with Crippen molar-refractivity contribution in [2.45, 2.75) is 46.0 Å². The highest BCUT2D eigenvalue weighted by Crippen LogP contribution is 2.20. The number of nitrogens with one attached hydrogen (secondary N) is 2. The van der Waals surface area contributed by atoms with Crippen molar-refractivity contribution in [3.8, 4) is 0 Å². The van der Waals surface area contributed by atoms with Crippen LogP contribution in [0, 0.1) is 13.8 Å². The molecule has 35 heavy (non-hydrogen) atoms. The zero-order valence-electron chi connectivity index (χ0n) is 21.5. The van der Waals surface area contributed by atoms with Crippen LogP contribution in [0.3, 0.4) is 0 Å². The van der Waals surface area contributed by atoms with Crippen molar-refractivity contribution in [3.63, 3.8) is 0 Å². The normalized spacial score (nSPS) is 10.5. The highest BCUT2D eigenvalue weighted by Gasteiger charge is 2.13. The summed E-state index contributed by atoms with van der Waals surface area (Å²) < 4.78 is 0. The van der Waals surface area contributed by atoms with Crippen molar-refractivity contribution in [1.82, 2.24) is 9.80 Å². The molecule has 0 atom stereocenters. The standard InChI is InChI=1S/C27H36N4O4/c1-18-12-14-20(26(34)30(3)4)16-22(18)28-24(32)10-8-7-9-11-25(33)29-23-17-21(15-13-19(23)2)27(35)31(5)6/h12-17H,7-11H2,1-6H3,(H,28,32)(H,29,33). The Bertz CT molecular complexity index is 1010. The molecule has 8 heteroatoms. The van der Waals surface area contributed by atoms with E-state index >= 15 is 0 Å². The second-order valence-corrected chi connectivity index (χ2v) is 9.12. The van der Waals surface area contributed by atoms with Crippen LogP contribution in [0.15, 0.2) is 36.4 Å². The number of nitrogens with zero attached hydrogens (tertiary/aromatic N) is 2. The van der Waals surface area contributed by atoms with Crippen LogP contribution in [0.2, 0.25) is 0 Å². The predicted molar refractivity (Wildman–Crippen MR) is 139 cm³/mol. The van der Waals surface area contributed by atoms with Gasteiger partial charge in [0.2, 0.25) is 11.8 Å². The number of aryl methyl sites for hydroxylation is 2. The van der Waals surface area contributed by atoms with Crippen LogP contribution in [-0.2, 0) is 9.59 Å². The van der Waals surface area contributed by atoms with Crippen molar-refractivity contribution >= 4 is 35.0 Å². The lowest BCUT2D eigenvalue weighted by Gasteiger charge is -2.14. The first-order valence-electron chi connectivity index (χ1n) is 11.7. The number of hydrogen-bond acceptors (Lipinski definition) is 4. The van der Waals surface area contributed by atoms with Crippen molar-refractivity contribution in [2.24, 2.45) is 0 Å². The second-order valence-electron chi connectivity index (χ2n) is 9.12. The summed E-state index contributed by atoms with van der Waals surface area (Å²) in [6, 6.07) is 10.5. The van der Waals surface area contributed by atoms with Gasteiger partial charge in [0.05, 0.1) is 0 Å². The number of rotatable bonds is 10. The van der Waals surface area contributed by atoms with Gasteiger partial charge in [-0.05, 0) is 62.1 Å². The van der Waals surface area contributed by atoms with Crippen LogP contribution in [0.5, 0.6) is 0 Å². The van der Waals surface area contributed by atoms with E-state index in [2.05, 4.69) is 10.6 Å². The molecular weight excluding hydrogens is 444 g/mol. The maximum absolute atomic E-state index is 12.4. The third-order valence-electron chi connectivity index (χ3n) is 5.64. The fourth-order valence-electron chi connectivity index (χ4n) is 3.47. The number of amides is 4. The average molecular weight is 481 g/mol. The Morgan fingerprint density at radius 2 is 1.00 bits per heavy atom. The molecule has 8 nitrogen and oxygen atoms in total. The molecule has 0 saturated carbocycles. The van der Waals surface area contributed by atoms with Crippen LogP contribution in [-0.4, -0.2) is 61.6 Å². The zero-order chi connectivity index (χ0) is 26.1. The van der Waals surface area contributed by atoms with E-state index < -0.39 is 0 Å². The van der Waals surface area contributed by atoms with Crippen molar-refractivity contribution < 1.29 is 19.2 Å². The van der Waals surface area contributed by atoms with E-state index in [9.17, 15) is 19.2 Å². The minimum absolute atomic E-state index is 0.120. The second kappa shape index (κ2) is 12.7. The molecule has 0 bridgehead atoms. The maximum Gasteiger partial charge on any atom is 0.253 e. The van der Waals surface area contributed by atoms with Crippen molar-refractivity contribution in [1.29, 1.82) is 0 Å². The SMILES string of the molecule is Cc1ccc(C(=O)N(C)C)cc1NC(=O)CCCCCC(=O)Nc1cc(C(=O)N(C)C)ccc1C. The van der Waals surface area contributed by atoms with Gasteiger partial charge >= 0.3 is 0 Å². The lowest BCUT2D eigenvalue weighted by Crippen LogP contribution is -2.22. The molecule has 0 aliphatic heterocycles. The fraction of sp³-hybridized carbons (Fsp3) is 0.407. The Morgan fingerprint density at radius 1 is 0.629 bits per heavy atom. The molecular formula is C27H36N4O4. The topological polar surface area (TPSA) is 98.8 Å². The first-order valence-corrected chi connectivity index (χ1v) is 11.7. The van der Waals surface area contributed by atoms with Crippen molar-refractivity contribution in [2.75, 3.05) is 38.8 Å². The smallest absolute Gasteiger partial charge is 0.253 e. The Labute approximate surface area is 207 Å².